The van der Waals surface area contributed by atoms with E-state index < -0.39 is 0 Å². The van der Waals surface area contributed by atoms with E-state index in [1.54, 1.807) is 12.3 Å². The van der Waals surface area contributed by atoms with E-state index >= 15 is 0 Å². The van der Waals surface area contributed by atoms with Gasteiger partial charge in [-0.05, 0) is 54.9 Å². The predicted molar refractivity (Wildman–Crippen MR) is 75.3 cm³/mol. The van der Waals surface area contributed by atoms with Crippen molar-refractivity contribution in [1.29, 1.82) is 0 Å². The first-order chi connectivity index (χ1) is 8.79. The van der Waals surface area contributed by atoms with Crippen molar-refractivity contribution in [2.24, 2.45) is 5.92 Å². The smallest absolute Gasteiger partial charge is 0.141 e. The van der Waals surface area contributed by atoms with Crippen LogP contribution in [0.15, 0.2) is 18.5 Å². The van der Waals surface area contributed by atoms with Crippen LogP contribution in [0.25, 0.3) is 0 Å². The highest BCUT2D eigenvalue weighted by molar-refractivity contribution is 7.99. The molecule has 1 saturated heterocycles. The molecule has 2 nitrogen and oxygen atoms in total. The Hall–Kier alpha value is -0.610. The summed E-state index contributed by atoms with van der Waals surface area (Å²) < 4.78 is 13.3. The van der Waals surface area contributed by atoms with Crippen molar-refractivity contribution in [2.45, 2.75) is 32.2 Å². The summed E-state index contributed by atoms with van der Waals surface area (Å²) >= 11 is 2.04. The Morgan fingerprint density at radius 3 is 2.89 bits per heavy atom. The molecule has 1 fully saturated rings. The van der Waals surface area contributed by atoms with Gasteiger partial charge >= 0.3 is 0 Å². The molecule has 100 valence electrons. The van der Waals surface area contributed by atoms with Crippen molar-refractivity contribution >= 4 is 11.8 Å². The summed E-state index contributed by atoms with van der Waals surface area (Å²) in [5.74, 6) is 3.06. The lowest BCUT2D eigenvalue weighted by atomic mass is 9.91. The molecule has 2 heterocycles. The van der Waals surface area contributed by atoms with Crippen molar-refractivity contribution < 1.29 is 4.39 Å². The number of thioether (sulfide) groups is 1. The molecule has 1 aromatic rings. The fourth-order valence-corrected chi connectivity index (χ4v) is 3.72. The van der Waals surface area contributed by atoms with Crippen molar-refractivity contribution in [3.05, 3.63) is 29.8 Å². The van der Waals surface area contributed by atoms with Crippen LogP contribution in [0.3, 0.4) is 0 Å². The summed E-state index contributed by atoms with van der Waals surface area (Å²) in [5, 5.41) is 3.46. The summed E-state index contributed by atoms with van der Waals surface area (Å²) in [6.45, 7) is 3.00. The molecule has 0 bridgehead atoms. The minimum absolute atomic E-state index is 0.241. The number of nitrogens with zero attached hydrogens (tertiary/aromatic N) is 1. The van der Waals surface area contributed by atoms with Crippen LogP contribution in [0, 0.1) is 11.7 Å². The highest BCUT2D eigenvalue weighted by Gasteiger charge is 2.20. The van der Waals surface area contributed by atoms with Gasteiger partial charge in [0.25, 0.3) is 0 Å². The normalized spacial score (nSPS) is 18.8. The summed E-state index contributed by atoms with van der Waals surface area (Å²) in [6.07, 6.45) is 6.72. The molecule has 18 heavy (non-hydrogen) atoms. The zero-order valence-electron chi connectivity index (χ0n) is 10.9. The topological polar surface area (TPSA) is 24.9 Å². The highest BCUT2D eigenvalue weighted by atomic mass is 32.2. The van der Waals surface area contributed by atoms with Crippen LogP contribution in [-0.2, 0) is 0 Å². The number of halogens is 1. The second kappa shape index (κ2) is 7.10. The number of rotatable bonds is 5. The first-order valence-electron chi connectivity index (χ1n) is 6.71. The molecule has 1 atom stereocenters. The van der Waals surface area contributed by atoms with Crippen LogP contribution in [-0.4, -0.2) is 23.0 Å². The van der Waals surface area contributed by atoms with E-state index in [9.17, 15) is 4.39 Å². The van der Waals surface area contributed by atoms with Crippen molar-refractivity contribution in [1.82, 2.24) is 10.3 Å². The molecule has 1 unspecified atom stereocenters. The number of nitrogens with one attached hydrogen (secondary N) is 1. The lowest BCUT2D eigenvalue weighted by Crippen LogP contribution is -2.25. The predicted octanol–water partition coefficient (Wildman–Crippen LogP) is 3.40. The minimum atomic E-state index is -0.241. The lowest BCUT2D eigenvalue weighted by Gasteiger charge is -2.27. The maximum absolute atomic E-state index is 13.3. The lowest BCUT2D eigenvalue weighted by molar-refractivity contribution is 0.373. The van der Waals surface area contributed by atoms with Gasteiger partial charge in [-0.15, -0.1) is 0 Å². The molecule has 0 aromatic carbocycles. The summed E-state index contributed by atoms with van der Waals surface area (Å²) in [7, 11) is 0. The van der Waals surface area contributed by atoms with Gasteiger partial charge in [0.05, 0.1) is 6.20 Å². The molecule has 0 spiro atoms. The average Bonchev–Trinajstić information content (AvgIpc) is 2.39. The molecule has 1 aliphatic rings. The van der Waals surface area contributed by atoms with E-state index in [2.05, 4.69) is 17.2 Å². The summed E-state index contributed by atoms with van der Waals surface area (Å²) in [5.41, 5.74) is 0.982. The van der Waals surface area contributed by atoms with Crippen LogP contribution in [0.1, 0.15) is 37.8 Å². The first-order valence-corrected chi connectivity index (χ1v) is 7.86. The Morgan fingerprint density at radius 1 is 1.44 bits per heavy atom. The molecule has 0 aliphatic carbocycles. The van der Waals surface area contributed by atoms with Crippen molar-refractivity contribution in [3.8, 4) is 0 Å². The number of hydrogen-bond donors (Lipinski definition) is 1. The van der Waals surface area contributed by atoms with E-state index in [-0.39, 0.29) is 11.9 Å². The largest absolute Gasteiger partial charge is 0.310 e. The first kappa shape index (κ1) is 13.8. The molecule has 0 radical (unpaired) electrons. The Kier molecular flexibility index (Phi) is 5.45. The van der Waals surface area contributed by atoms with E-state index in [4.69, 9.17) is 0 Å². The van der Waals surface area contributed by atoms with Crippen LogP contribution in [0.2, 0.25) is 0 Å². The van der Waals surface area contributed by atoms with Gasteiger partial charge in [0, 0.05) is 12.2 Å². The quantitative estimate of drug-likeness (QED) is 0.886. The Bertz CT molecular complexity index is 367. The molecule has 1 N–H and O–H groups in total. The fourth-order valence-electron chi connectivity index (χ4n) is 2.52. The van der Waals surface area contributed by atoms with Gasteiger partial charge in [0.15, 0.2) is 0 Å². The molecule has 0 saturated carbocycles. The average molecular weight is 268 g/mol. The molecule has 2 rings (SSSR count). The van der Waals surface area contributed by atoms with Crippen LogP contribution >= 0.6 is 11.8 Å². The maximum Gasteiger partial charge on any atom is 0.141 e. The van der Waals surface area contributed by atoms with E-state index in [0.717, 1.165) is 24.4 Å². The van der Waals surface area contributed by atoms with Gasteiger partial charge in [-0.2, -0.15) is 11.8 Å². The molecule has 1 aromatic heterocycles. The Morgan fingerprint density at radius 2 is 2.22 bits per heavy atom. The molecular formula is C14H21FN2S. The van der Waals surface area contributed by atoms with E-state index in [1.165, 1.54) is 30.5 Å². The maximum atomic E-state index is 13.3. The monoisotopic (exact) mass is 268 g/mol. The van der Waals surface area contributed by atoms with Gasteiger partial charge < -0.3 is 5.32 Å². The third-order valence-electron chi connectivity index (χ3n) is 3.49. The number of aromatic nitrogens is 1. The van der Waals surface area contributed by atoms with Crippen molar-refractivity contribution in [2.75, 3.05) is 18.1 Å². The van der Waals surface area contributed by atoms with Crippen molar-refractivity contribution in [3.63, 3.8) is 0 Å². The zero-order valence-corrected chi connectivity index (χ0v) is 11.7. The number of hydrogen-bond acceptors (Lipinski definition) is 3. The Labute approximate surface area is 113 Å². The highest BCUT2D eigenvalue weighted by Crippen LogP contribution is 2.30. The molecule has 4 heteroatoms. The van der Waals surface area contributed by atoms with Gasteiger partial charge in [-0.25, -0.2) is 4.39 Å². The third kappa shape index (κ3) is 3.95. The SMILES string of the molecule is CCNC(CC1CCSCC1)c1cncc(F)c1. The van der Waals surface area contributed by atoms with E-state index in [1.807, 2.05) is 11.8 Å². The Balaban J connectivity index is 2.02. The van der Waals surface area contributed by atoms with E-state index in [0.29, 0.717) is 0 Å². The van der Waals surface area contributed by atoms with Crippen LogP contribution < -0.4 is 5.32 Å². The molecular weight excluding hydrogens is 247 g/mol. The van der Waals surface area contributed by atoms with Gasteiger partial charge in [0.2, 0.25) is 0 Å². The van der Waals surface area contributed by atoms with Gasteiger partial charge in [-0.3, -0.25) is 4.98 Å². The van der Waals surface area contributed by atoms with Crippen LogP contribution in [0.4, 0.5) is 4.39 Å². The second-order valence-corrected chi connectivity index (χ2v) is 6.06. The summed E-state index contributed by atoms with van der Waals surface area (Å²) in [4.78, 5) is 3.96. The number of pyridine rings is 1. The summed E-state index contributed by atoms with van der Waals surface area (Å²) in [6, 6.07) is 1.85. The van der Waals surface area contributed by atoms with Crippen LogP contribution in [0.5, 0.6) is 0 Å². The van der Waals surface area contributed by atoms with Gasteiger partial charge in [-0.1, -0.05) is 6.92 Å². The fraction of sp³-hybridized carbons (Fsp3) is 0.643. The second-order valence-electron chi connectivity index (χ2n) is 4.84. The third-order valence-corrected chi connectivity index (χ3v) is 4.54. The molecule has 1 aliphatic heterocycles. The minimum Gasteiger partial charge on any atom is -0.310 e. The van der Waals surface area contributed by atoms with Gasteiger partial charge in [0.1, 0.15) is 5.82 Å². The molecule has 0 amide bonds. The standard InChI is InChI=1S/C14H21FN2S/c1-2-17-14(7-11-3-5-18-6-4-11)12-8-13(15)10-16-9-12/h8-11,14,17H,2-7H2,1H3. The zero-order chi connectivity index (χ0) is 12.8.